The highest BCUT2D eigenvalue weighted by Gasteiger charge is 2.30. The van der Waals surface area contributed by atoms with Gasteiger partial charge in [0.2, 0.25) is 0 Å². The van der Waals surface area contributed by atoms with E-state index in [1.54, 1.807) is 6.20 Å². The molecule has 0 fully saturated rings. The number of H-pyrrole nitrogens is 1. The number of nitriles is 1. The minimum atomic E-state index is -0.212. The summed E-state index contributed by atoms with van der Waals surface area (Å²) in [5.74, 6) is -0.212. The standard InChI is InChI=1S/C54H58N4O/c1-32-22-23-56-44(24-32)43(31-55)49-45-46(48(57-49)36-20-16-34(17-21-36)38-27-41(53(8,9)10)30-42(28-38)54(11,12)13)50(59)58-47(45)35-18-14-33(15-19-35)37-25-39(51(2,3)4)29-40(26-37)52(5,6)7/h14-30,57H,1-13H3,(H,58,59)/b49-43-. The van der Waals surface area contributed by atoms with Crippen LogP contribution in [-0.4, -0.2) is 15.9 Å². The Kier molecular flexibility index (Phi) is 10.2. The Morgan fingerprint density at radius 3 is 1.39 bits per heavy atom. The first-order valence-electron chi connectivity index (χ1n) is 20.7. The summed E-state index contributed by atoms with van der Waals surface area (Å²) in [4.78, 5) is 22.4. The van der Waals surface area contributed by atoms with Crippen molar-refractivity contribution >= 4 is 17.2 Å². The monoisotopic (exact) mass is 778 g/mol. The van der Waals surface area contributed by atoms with Gasteiger partial charge in [0.25, 0.3) is 5.91 Å². The van der Waals surface area contributed by atoms with Gasteiger partial charge in [0, 0.05) is 11.4 Å². The summed E-state index contributed by atoms with van der Waals surface area (Å²) in [6.07, 6.45) is 1.72. The number of aryl methyl sites for hydroxylation is 1. The summed E-state index contributed by atoms with van der Waals surface area (Å²) in [5, 5.41) is 15.2. The zero-order valence-electron chi connectivity index (χ0n) is 37.1. The van der Waals surface area contributed by atoms with E-state index in [4.69, 9.17) is 0 Å². The van der Waals surface area contributed by atoms with Gasteiger partial charge in [0.1, 0.15) is 11.6 Å². The Balaban J connectivity index is 1.41. The average molecular weight is 779 g/mol. The molecule has 0 bridgehead atoms. The second kappa shape index (κ2) is 14.7. The third kappa shape index (κ3) is 8.19. The fourth-order valence-electron chi connectivity index (χ4n) is 7.73. The minimum Gasteiger partial charge on any atom is -0.353 e. The van der Waals surface area contributed by atoms with Crippen molar-refractivity contribution < 1.29 is 4.79 Å². The Bertz CT molecular complexity index is 2720. The van der Waals surface area contributed by atoms with Gasteiger partial charge in [-0.2, -0.15) is 5.26 Å². The van der Waals surface area contributed by atoms with Crippen LogP contribution in [0.15, 0.2) is 103 Å². The number of fused-ring (bicyclic) bond motifs is 1. The van der Waals surface area contributed by atoms with Gasteiger partial charge in [-0.05, 0) is 102 Å². The number of benzene rings is 4. The SMILES string of the molecule is Cc1ccnc(/C(C#N)=c2\[nH]c(-c3ccc(-c4cc(C(C)(C)C)cc(C(C)(C)C)c4)cc3)c3c2=C(c2ccc(-c4cc(C(C)(C)C)cc(C(C)(C)C)c4)cc2)NC3=O)c1. The Labute approximate surface area is 351 Å². The van der Waals surface area contributed by atoms with E-state index in [-0.39, 0.29) is 27.6 Å². The van der Waals surface area contributed by atoms with Crippen LogP contribution in [0.4, 0.5) is 0 Å². The number of pyridine rings is 1. The molecular formula is C54H58N4O. The molecule has 0 radical (unpaired) electrons. The van der Waals surface area contributed by atoms with Gasteiger partial charge in [0.15, 0.2) is 0 Å². The van der Waals surface area contributed by atoms with Crippen LogP contribution >= 0.6 is 0 Å². The third-order valence-corrected chi connectivity index (χ3v) is 11.6. The van der Waals surface area contributed by atoms with Gasteiger partial charge in [0.05, 0.1) is 28.0 Å². The molecular weight excluding hydrogens is 721 g/mol. The zero-order valence-corrected chi connectivity index (χ0v) is 37.1. The molecule has 2 aromatic heterocycles. The van der Waals surface area contributed by atoms with Crippen LogP contribution < -0.4 is 15.9 Å². The molecule has 59 heavy (non-hydrogen) atoms. The molecule has 5 nitrogen and oxygen atoms in total. The number of carbonyl (C=O) groups excluding carboxylic acids is 1. The van der Waals surface area contributed by atoms with Crippen molar-refractivity contribution in [2.45, 2.75) is 112 Å². The van der Waals surface area contributed by atoms with Gasteiger partial charge in [-0.3, -0.25) is 9.78 Å². The van der Waals surface area contributed by atoms with E-state index < -0.39 is 0 Å². The number of hydrogen-bond donors (Lipinski definition) is 2. The summed E-state index contributed by atoms with van der Waals surface area (Å²) in [7, 11) is 0. The maximum atomic E-state index is 14.2. The summed E-state index contributed by atoms with van der Waals surface area (Å²) < 4.78 is 0. The number of aromatic amines is 1. The normalized spacial score (nSPS) is 13.9. The lowest BCUT2D eigenvalue weighted by Crippen LogP contribution is -2.29. The second-order valence-corrected chi connectivity index (χ2v) is 20.4. The van der Waals surface area contributed by atoms with Gasteiger partial charge in [-0.15, -0.1) is 0 Å². The van der Waals surface area contributed by atoms with E-state index in [1.807, 2.05) is 19.1 Å². The molecule has 3 heterocycles. The number of aromatic nitrogens is 2. The van der Waals surface area contributed by atoms with E-state index in [0.29, 0.717) is 38.8 Å². The van der Waals surface area contributed by atoms with Crippen molar-refractivity contribution in [3.05, 3.63) is 158 Å². The number of nitrogens with zero attached hydrogens (tertiary/aromatic N) is 2. The number of nitrogens with one attached hydrogen (secondary N) is 2. The zero-order chi connectivity index (χ0) is 42.8. The highest BCUT2D eigenvalue weighted by molar-refractivity contribution is 6.09. The molecule has 1 amide bonds. The molecule has 0 unspecified atom stereocenters. The quantitative estimate of drug-likeness (QED) is 0.183. The maximum Gasteiger partial charge on any atom is 0.258 e. The molecule has 7 rings (SSSR count). The van der Waals surface area contributed by atoms with E-state index >= 15 is 0 Å². The molecule has 4 aromatic carbocycles. The van der Waals surface area contributed by atoms with Crippen LogP contribution in [-0.2, 0) is 21.7 Å². The molecule has 2 N–H and O–H groups in total. The first-order valence-corrected chi connectivity index (χ1v) is 20.7. The number of hydrogen-bond acceptors (Lipinski definition) is 3. The van der Waals surface area contributed by atoms with E-state index in [1.165, 1.54) is 22.3 Å². The first kappa shape index (κ1) is 41.2. The molecule has 0 saturated heterocycles. The lowest BCUT2D eigenvalue weighted by atomic mass is 9.79. The largest absolute Gasteiger partial charge is 0.353 e. The van der Waals surface area contributed by atoms with Gasteiger partial charge >= 0.3 is 0 Å². The van der Waals surface area contributed by atoms with Crippen molar-refractivity contribution in [1.82, 2.24) is 15.3 Å². The number of carbonyl (C=O) groups is 1. The second-order valence-electron chi connectivity index (χ2n) is 20.4. The predicted molar refractivity (Wildman–Crippen MR) is 245 cm³/mol. The molecule has 1 aliphatic heterocycles. The third-order valence-electron chi connectivity index (χ3n) is 11.6. The van der Waals surface area contributed by atoms with E-state index in [9.17, 15) is 10.1 Å². The maximum absolute atomic E-state index is 14.2. The van der Waals surface area contributed by atoms with Crippen molar-refractivity contribution in [3.8, 4) is 39.6 Å². The lowest BCUT2D eigenvalue weighted by molar-refractivity contribution is 0.0979. The fourth-order valence-corrected chi connectivity index (χ4v) is 7.73. The molecule has 6 aromatic rings. The topological polar surface area (TPSA) is 81.6 Å². The summed E-state index contributed by atoms with van der Waals surface area (Å²) in [5.41, 5.74) is 15.1. The predicted octanol–water partition coefficient (Wildman–Crippen LogP) is 11.5. The lowest BCUT2D eigenvalue weighted by Gasteiger charge is -2.26. The fraction of sp³-hybridized carbons (Fsp3) is 0.315. The van der Waals surface area contributed by atoms with Gasteiger partial charge < -0.3 is 10.3 Å². The molecule has 5 heteroatoms. The molecule has 0 saturated carbocycles. The Morgan fingerprint density at radius 1 is 0.559 bits per heavy atom. The first-order chi connectivity index (χ1) is 27.5. The van der Waals surface area contributed by atoms with Crippen molar-refractivity contribution in [2.24, 2.45) is 0 Å². The summed E-state index contributed by atoms with van der Waals surface area (Å²) in [6.45, 7) is 29.0. The van der Waals surface area contributed by atoms with Gasteiger partial charge in [-0.25, -0.2) is 0 Å². The van der Waals surface area contributed by atoms with E-state index in [2.05, 4.69) is 189 Å². The van der Waals surface area contributed by atoms with Gasteiger partial charge in [-0.1, -0.05) is 168 Å². The summed E-state index contributed by atoms with van der Waals surface area (Å²) >= 11 is 0. The van der Waals surface area contributed by atoms with Crippen LogP contribution in [0, 0.1) is 18.3 Å². The number of rotatable bonds is 5. The summed E-state index contributed by atoms with van der Waals surface area (Å²) in [6, 6.07) is 36.9. The van der Waals surface area contributed by atoms with Crippen molar-refractivity contribution in [1.29, 1.82) is 5.26 Å². The van der Waals surface area contributed by atoms with E-state index in [0.717, 1.165) is 38.9 Å². The molecule has 1 aliphatic rings. The minimum absolute atomic E-state index is 0.00668. The molecule has 0 spiro atoms. The van der Waals surface area contributed by atoms with Crippen LogP contribution in [0.3, 0.4) is 0 Å². The van der Waals surface area contributed by atoms with Crippen LogP contribution in [0.5, 0.6) is 0 Å². The highest BCUT2D eigenvalue weighted by atomic mass is 16.1. The number of amides is 1. The highest BCUT2D eigenvalue weighted by Crippen LogP contribution is 2.37. The Morgan fingerprint density at radius 2 is 0.983 bits per heavy atom. The molecule has 0 aliphatic carbocycles. The smallest absolute Gasteiger partial charge is 0.258 e. The molecule has 300 valence electrons. The molecule has 0 atom stereocenters. The van der Waals surface area contributed by atoms with Crippen molar-refractivity contribution in [2.75, 3.05) is 0 Å². The van der Waals surface area contributed by atoms with Crippen LogP contribution in [0.1, 0.15) is 133 Å². The Hall–Kier alpha value is -5.99. The average Bonchev–Trinajstić information content (AvgIpc) is 3.72. The van der Waals surface area contributed by atoms with Crippen LogP contribution in [0.25, 0.3) is 44.8 Å². The van der Waals surface area contributed by atoms with Crippen molar-refractivity contribution in [3.63, 3.8) is 0 Å². The van der Waals surface area contributed by atoms with Crippen LogP contribution in [0.2, 0.25) is 0 Å².